The number of amides is 1. The Hall–Kier alpha value is -3.82. The smallest absolute Gasteiger partial charge is 0.337 e. The summed E-state index contributed by atoms with van der Waals surface area (Å²) in [5.41, 5.74) is 0.148. The third kappa shape index (κ3) is 4.67. The number of hydrogen-bond donors (Lipinski definition) is 2. The van der Waals surface area contributed by atoms with Crippen molar-refractivity contribution in [1.82, 2.24) is 0 Å². The number of hydrogen-bond acceptors (Lipinski definition) is 7. The number of methoxy groups -OCH3 is 2. The summed E-state index contributed by atoms with van der Waals surface area (Å²) in [4.78, 5) is 34.1. The number of nitro benzene ring substituents is 1. The van der Waals surface area contributed by atoms with Gasteiger partial charge in [0.05, 0.1) is 30.4 Å². The number of rotatable bonds is 8. The third-order valence-corrected chi connectivity index (χ3v) is 3.70. The van der Waals surface area contributed by atoms with Crippen LogP contribution < -0.4 is 19.5 Å². The molecule has 0 aliphatic rings. The van der Waals surface area contributed by atoms with Crippen LogP contribution in [-0.2, 0) is 4.79 Å². The third-order valence-electron chi connectivity index (χ3n) is 3.70. The summed E-state index contributed by atoms with van der Waals surface area (Å²) >= 11 is 0. The Labute approximate surface area is 159 Å². The maximum atomic E-state index is 12.2. The lowest BCUT2D eigenvalue weighted by Gasteiger charge is -2.14. The first-order valence-electron chi connectivity index (χ1n) is 7.93. The van der Waals surface area contributed by atoms with Crippen LogP contribution in [-0.4, -0.2) is 42.7 Å². The number of aromatic carboxylic acids is 1. The van der Waals surface area contributed by atoms with E-state index in [1.807, 2.05) is 0 Å². The van der Waals surface area contributed by atoms with Gasteiger partial charge in [0.25, 0.3) is 5.91 Å². The molecule has 0 radical (unpaired) electrons. The van der Waals surface area contributed by atoms with Crippen LogP contribution in [0.4, 0.5) is 11.4 Å². The van der Waals surface area contributed by atoms with E-state index in [9.17, 15) is 24.8 Å². The van der Waals surface area contributed by atoms with Gasteiger partial charge in [0.15, 0.2) is 23.9 Å². The number of benzene rings is 2. The number of nitro groups is 1. The van der Waals surface area contributed by atoms with Crippen LogP contribution in [0.1, 0.15) is 15.9 Å². The maximum absolute atomic E-state index is 12.2. The lowest BCUT2D eigenvalue weighted by Crippen LogP contribution is -2.22. The number of anilines is 1. The normalized spacial score (nSPS) is 10.1. The predicted octanol–water partition coefficient (Wildman–Crippen LogP) is 2.64. The second-order valence-electron chi connectivity index (χ2n) is 5.62. The Morgan fingerprint density at radius 1 is 1.11 bits per heavy atom. The average molecular weight is 390 g/mol. The Balaban J connectivity index is 2.20. The van der Waals surface area contributed by atoms with Crippen LogP contribution in [0.5, 0.6) is 17.2 Å². The fourth-order valence-corrected chi connectivity index (χ4v) is 2.38. The summed E-state index contributed by atoms with van der Waals surface area (Å²) in [7, 11) is 2.72. The summed E-state index contributed by atoms with van der Waals surface area (Å²) < 4.78 is 15.4. The number of carbonyl (C=O) groups excluding carboxylic acids is 1. The van der Waals surface area contributed by atoms with Crippen molar-refractivity contribution < 1.29 is 33.8 Å². The molecular weight excluding hydrogens is 372 g/mol. The molecule has 2 aromatic rings. The first kappa shape index (κ1) is 20.5. The fraction of sp³-hybridized carbons (Fsp3) is 0.222. The van der Waals surface area contributed by atoms with Crippen LogP contribution in [0.15, 0.2) is 30.3 Å². The molecule has 0 atom stereocenters. The van der Waals surface area contributed by atoms with Gasteiger partial charge in [-0.25, -0.2) is 4.79 Å². The highest BCUT2D eigenvalue weighted by molar-refractivity contribution is 6.01. The molecule has 28 heavy (non-hydrogen) atoms. The SMILES string of the molecule is COc1cc(NC(=O)COc2ccc(C)cc2[N+](=O)[O-])c(C(=O)O)cc1OC. The van der Waals surface area contributed by atoms with E-state index in [0.717, 1.165) is 0 Å². The standard InChI is InChI=1S/C18H18N2O8/c1-10-4-5-14(13(6-10)20(24)25)28-9-17(21)19-12-8-16(27-3)15(26-2)7-11(12)18(22)23/h4-8H,9H2,1-3H3,(H,19,21)(H,22,23). The first-order valence-corrected chi connectivity index (χ1v) is 7.93. The monoisotopic (exact) mass is 390 g/mol. The van der Waals surface area contributed by atoms with Gasteiger partial charge in [-0.05, 0) is 18.6 Å². The second kappa shape index (κ2) is 8.71. The van der Waals surface area contributed by atoms with E-state index in [2.05, 4.69) is 5.32 Å². The van der Waals surface area contributed by atoms with Gasteiger partial charge in [-0.15, -0.1) is 0 Å². The zero-order valence-electron chi connectivity index (χ0n) is 15.3. The maximum Gasteiger partial charge on any atom is 0.337 e. The minimum absolute atomic E-state index is 0.0304. The van der Waals surface area contributed by atoms with Gasteiger partial charge in [-0.1, -0.05) is 6.07 Å². The molecular formula is C18H18N2O8. The molecule has 0 saturated carbocycles. The lowest BCUT2D eigenvalue weighted by atomic mass is 10.1. The number of nitrogens with zero attached hydrogens (tertiary/aromatic N) is 1. The highest BCUT2D eigenvalue weighted by atomic mass is 16.6. The van der Waals surface area contributed by atoms with E-state index in [0.29, 0.717) is 5.56 Å². The van der Waals surface area contributed by atoms with E-state index in [4.69, 9.17) is 14.2 Å². The largest absolute Gasteiger partial charge is 0.493 e. The number of ether oxygens (including phenoxy) is 3. The zero-order valence-corrected chi connectivity index (χ0v) is 15.3. The molecule has 2 rings (SSSR count). The summed E-state index contributed by atoms with van der Waals surface area (Å²) in [6, 6.07) is 6.83. The van der Waals surface area contributed by atoms with Crippen molar-refractivity contribution in [3.05, 3.63) is 51.6 Å². The van der Waals surface area contributed by atoms with Crippen molar-refractivity contribution in [2.24, 2.45) is 0 Å². The quantitative estimate of drug-likeness (QED) is 0.518. The van der Waals surface area contributed by atoms with Crippen LogP contribution in [0.2, 0.25) is 0 Å². The van der Waals surface area contributed by atoms with Crippen LogP contribution in [0, 0.1) is 17.0 Å². The molecule has 10 heteroatoms. The van der Waals surface area contributed by atoms with Crippen LogP contribution in [0.3, 0.4) is 0 Å². The Bertz CT molecular complexity index is 926. The van der Waals surface area contributed by atoms with Crippen molar-refractivity contribution in [3.8, 4) is 17.2 Å². The van der Waals surface area contributed by atoms with Crippen molar-refractivity contribution in [3.63, 3.8) is 0 Å². The molecule has 10 nitrogen and oxygen atoms in total. The molecule has 0 spiro atoms. The van der Waals surface area contributed by atoms with E-state index >= 15 is 0 Å². The van der Waals surface area contributed by atoms with Crippen molar-refractivity contribution in [2.45, 2.75) is 6.92 Å². The topological polar surface area (TPSA) is 137 Å². The molecule has 148 valence electrons. The fourth-order valence-electron chi connectivity index (χ4n) is 2.38. The number of carbonyl (C=O) groups is 2. The average Bonchev–Trinajstić information content (AvgIpc) is 2.66. The van der Waals surface area contributed by atoms with Crippen LogP contribution >= 0.6 is 0 Å². The van der Waals surface area contributed by atoms with E-state index < -0.39 is 23.4 Å². The molecule has 0 bridgehead atoms. The molecule has 1 amide bonds. The van der Waals surface area contributed by atoms with E-state index in [1.165, 1.54) is 38.5 Å². The molecule has 0 aliphatic carbocycles. The minimum atomic E-state index is -1.29. The van der Waals surface area contributed by atoms with Crippen molar-refractivity contribution >= 4 is 23.3 Å². The first-order chi connectivity index (χ1) is 13.3. The molecule has 0 aliphatic heterocycles. The number of aryl methyl sites for hydroxylation is 1. The Morgan fingerprint density at radius 2 is 1.75 bits per heavy atom. The molecule has 0 heterocycles. The molecule has 2 aromatic carbocycles. The van der Waals surface area contributed by atoms with Gasteiger partial charge in [0.1, 0.15) is 0 Å². The van der Waals surface area contributed by atoms with Crippen molar-refractivity contribution in [1.29, 1.82) is 0 Å². The van der Waals surface area contributed by atoms with Gasteiger partial charge in [-0.2, -0.15) is 0 Å². The molecule has 0 fully saturated rings. The number of carboxylic acids is 1. The Morgan fingerprint density at radius 3 is 2.32 bits per heavy atom. The van der Waals surface area contributed by atoms with Gasteiger partial charge < -0.3 is 24.6 Å². The zero-order chi connectivity index (χ0) is 20.8. The molecule has 0 unspecified atom stereocenters. The highest BCUT2D eigenvalue weighted by Gasteiger charge is 2.20. The number of nitrogens with one attached hydrogen (secondary N) is 1. The van der Waals surface area contributed by atoms with Gasteiger partial charge in [0, 0.05) is 18.2 Å². The summed E-state index contributed by atoms with van der Waals surface area (Å²) in [6.45, 7) is 1.13. The Kier molecular flexibility index (Phi) is 6.38. The van der Waals surface area contributed by atoms with Gasteiger partial charge in [0.2, 0.25) is 0 Å². The molecule has 0 aromatic heterocycles. The van der Waals surface area contributed by atoms with Crippen LogP contribution in [0.25, 0.3) is 0 Å². The predicted molar refractivity (Wildman–Crippen MR) is 98.5 cm³/mol. The minimum Gasteiger partial charge on any atom is -0.493 e. The highest BCUT2D eigenvalue weighted by Crippen LogP contribution is 2.33. The molecule has 0 saturated heterocycles. The summed E-state index contributed by atoms with van der Waals surface area (Å²) in [5, 5.41) is 22.8. The van der Waals surface area contributed by atoms with Gasteiger partial charge in [-0.3, -0.25) is 14.9 Å². The summed E-state index contributed by atoms with van der Waals surface area (Å²) in [6.07, 6.45) is 0. The van der Waals surface area contributed by atoms with Crippen molar-refractivity contribution in [2.75, 3.05) is 26.1 Å². The second-order valence-corrected chi connectivity index (χ2v) is 5.62. The van der Waals surface area contributed by atoms with E-state index in [1.54, 1.807) is 13.0 Å². The lowest BCUT2D eigenvalue weighted by molar-refractivity contribution is -0.385. The molecule has 2 N–H and O–H groups in total. The number of carboxylic acid groups (broad SMARTS) is 1. The van der Waals surface area contributed by atoms with Gasteiger partial charge >= 0.3 is 11.7 Å². The summed E-state index contributed by atoms with van der Waals surface area (Å²) in [5.74, 6) is -1.66. The van der Waals surface area contributed by atoms with E-state index in [-0.39, 0.29) is 34.2 Å².